The normalized spacial score (nSPS) is 25.7. The van der Waals surface area contributed by atoms with E-state index >= 15 is 4.79 Å². The van der Waals surface area contributed by atoms with Gasteiger partial charge in [-0.15, -0.1) is 13.2 Å². The number of amides is 3. The van der Waals surface area contributed by atoms with Gasteiger partial charge in [-0.3, -0.25) is 14.4 Å². The summed E-state index contributed by atoms with van der Waals surface area (Å²) in [5.41, 5.74) is -0.272. The van der Waals surface area contributed by atoms with Crippen molar-refractivity contribution in [3.05, 3.63) is 104 Å². The molecule has 6 rings (SSSR count). The van der Waals surface area contributed by atoms with E-state index in [1.807, 2.05) is 79.7 Å². The van der Waals surface area contributed by atoms with Gasteiger partial charge in [0.25, 0.3) is 5.91 Å². The predicted octanol–water partition coefficient (Wildman–Crippen LogP) is 5.89. The molecule has 5 atom stereocenters. The maximum absolute atomic E-state index is 15.0. The number of aliphatic hydroxyl groups is 1. The largest absolute Gasteiger partial charge is 0.396 e. The zero-order valence-electron chi connectivity index (χ0n) is 27.9. The van der Waals surface area contributed by atoms with Gasteiger partial charge in [0.2, 0.25) is 11.8 Å². The third kappa shape index (κ3) is 5.75. The van der Waals surface area contributed by atoms with Crippen LogP contribution in [0.1, 0.15) is 51.0 Å². The summed E-state index contributed by atoms with van der Waals surface area (Å²) in [5.74, 6) is -2.06. The van der Waals surface area contributed by atoms with Crippen LogP contribution in [-0.2, 0) is 25.7 Å². The number of fused-ring (bicyclic) bond motifs is 2. The molecular formula is C40H47N3O5. The molecule has 3 fully saturated rings. The Morgan fingerprint density at radius 2 is 1.67 bits per heavy atom. The Morgan fingerprint density at radius 3 is 2.38 bits per heavy atom. The van der Waals surface area contributed by atoms with Gasteiger partial charge in [0.05, 0.1) is 17.4 Å². The van der Waals surface area contributed by atoms with Gasteiger partial charge in [-0.1, -0.05) is 79.7 Å². The van der Waals surface area contributed by atoms with Crippen LogP contribution in [0.4, 0.5) is 5.69 Å². The highest BCUT2D eigenvalue weighted by Gasteiger charge is 2.79. The van der Waals surface area contributed by atoms with E-state index in [0.29, 0.717) is 58.2 Å². The molecule has 1 N–H and O–H groups in total. The Kier molecular flexibility index (Phi) is 9.85. The van der Waals surface area contributed by atoms with E-state index in [1.165, 1.54) is 0 Å². The molecule has 3 heterocycles. The Bertz CT molecular complexity index is 1680. The van der Waals surface area contributed by atoms with E-state index in [1.54, 1.807) is 26.9 Å². The monoisotopic (exact) mass is 649 g/mol. The number of carbonyl (C=O) groups is 3. The molecule has 3 saturated heterocycles. The van der Waals surface area contributed by atoms with Crippen LogP contribution in [0.2, 0.25) is 0 Å². The van der Waals surface area contributed by atoms with Crippen LogP contribution >= 0.6 is 0 Å². The third-order valence-electron chi connectivity index (χ3n) is 10.7. The summed E-state index contributed by atoms with van der Waals surface area (Å²) in [4.78, 5) is 49.7. The first kappa shape index (κ1) is 33.6. The van der Waals surface area contributed by atoms with Crippen LogP contribution in [-0.4, -0.2) is 76.1 Å². The van der Waals surface area contributed by atoms with Crippen molar-refractivity contribution >= 4 is 34.2 Å². The molecule has 3 amide bonds. The molecule has 3 aromatic carbocycles. The summed E-state index contributed by atoms with van der Waals surface area (Å²) < 4.78 is 7.08. The number of carbonyl (C=O) groups excluding carboxylic acids is 3. The van der Waals surface area contributed by atoms with Crippen molar-refractivity contribution in [2.24, 2.45) is 11.8 Å². The smallest absolute Gasteiger partial charge is 0.253 e. The quantitative estimate of drug-likeness (QED) is 0.164. The van der Waals surface area contributed by atoms with Crippen molar-refractivity contribution in [3.8, 4) is 0 Å². The fourth-order valence-corrected chi connectivity index (χ4v) is 8.52. The van der Waals surface area contributed by atoms with Crippen molar-refractivity contribution in [1.82, 2.24) is 9.80 Å². The molecular weight excluding hydrogens is 602 g/mol. The topological polar surface area (TPSA) is 90.4 Å². The summed E-state index contributed by atoms with van der Waals surface area (Å²) in [6, 6.07) is 22.9. The Labute approximate surface area is 283 Å². The number of benzene rings is 3. The second-order valence-corrected chi connectivity index (χ2v) is 13.4. The molecule has 252 valence electrons. The number of ether oxygens (including phenoxy) is 1. The van der Waals surface area contributed by atoms with Gasteiger partial charge in [0.15, 0.2) is 0 Å². The van der Waals surface area contributed by atoms with Gasteiger partial charge in [0, 0.05) is 38.5 Å². The lowest BCUT2D eigenvalue weighted by atomic mass is 9.64. The minimum Gasteiger partial charge on any atom is -0.396 e. The van der Waals surface area contributed by atoms with Gasteiger partial charge >= 0.3 is 0 Å². The lowest BCUT2D eigenvalue weighted by Gasteiger charge is -2.37. The fraction of sp³-hybridized carbons (Fsp3) is 0.425. The number of aliphatic hydroxyl groups excluding tert-OH is 1. The van der Waals surface area contributed by atoms with Crippen molar-refractivity contribution in [1.29, 1.82) is 0 Å². The molecule has 8 heteroatoms. The predicted molar refractivity (Wildman–Crippen MR) is 188 cm³/mol. The number of nitrogens with zero attached hydrogens (tertiary/aromatic N) is 3. The summed E-state index contributed by atoms with van der Waals surface area (Å²) in [7, 11) is 0. The van der Waals surface area contributed by atoms with Crippen LogP contribution in [0.25, 0.3) is 10.8 Å². The number of unbranched alkanes of at least 4 members (excludes halogenated alkanes) is 2. The molecule has 3 aromatic rings. The van der Waals surface area contributed by atoms with Crippen LogP contribution in [0.15, 0.2) is 98.1 Å². The molecule has 48 heavy (non-hydrogen) atoms. The van der Waals surface area contributed by atoms with Crippen LogP contribution in [0, 0.1) is 11.8 Å². The van der Waals surface area contributed by atoms with E-state index in [9.17, 15) is 14.7 Å². The van der Waals surface area contributed by atoms with Crippen molar-refractivity contribution in [3.63, 3.8) is 0 Å². The molecule has 0 aromatic heterocycles. The number of likely N-dealkylation sites (tertiary alicyclic amines) is 1. The lowest BCUT2D eigenvalue weighted by molar-refractivity contribution is -0.151. The number of hydrogen-bond acceptors (Lipinski definition) is 5. The zero-order valence-corrected chi connectivity index (χ0v) is 27.9. The second kappa shape index (κ2) is 14.1. The first-order valence-corrected chi connectivity index (χ1v) is 17.3. The molecule has 8 nitrogen and oxygen atoms in total. The van der Waals surface area contributed by atoms with Crippen molar-refractivity contribution in [2.45, 2.75) is 69.2 Å². The van der Waals surface area contributed by atoms with Crippen LogP contribution in [0.3, 0.4) is 0 Å². The molecule has 2 bridgehead atoms. The number of hydrogen-bond donors (Lipinski definition) is 1. The number of anilines is 1. The van der Waals surface area contributed by atoms with Crippen molar-refractivity contribution in [2.75, 3.05) is 31.1 Å². The molecule has 0 saturated carbocycles. The van der Waals surface area contributed by atoms with E-state index in [4.69, 9.17) is 4.74 Å². The SMILES string of the molecule is C=CCN(Cc1ccccc1)C(=O)[C@H]1[C@H]2C(=O)N(CCCCCO)C(C(=O)N(CC=C)c3ccc4ccccc4c3)C23CC[C@]1(CC)O3. The molecule has 2 unspecified atom stereocenters. The molecule has 3 aliphatic rings. The van der Waals surface area contributed by atoms with E-state index in [2.05, 4.69) is 13.2 Å². The fourth-order valence-electron chi connectivity index (χ4n) is 8.52. The molecule has 0 aliphatic carbocycles. The third-order valence-corrected chi connectivity index (χ3v) is 10.7. The first-order valence-electron chi connectivity index (χ1n) is 17.3. The summed E-state index contributed by atoms with van der Waals surface area (Å²) in [6.07, 6.45) is 7.05. The standard InChI is InChI=1S/C40H47N3O5/c1-4-23-41(28-29-15-9-7-10-16-29)36(45)33-34-37(46)43(25-13-8-14-26-44)35(40(34)22-21-39(33,6-3)48-40)38(47)42(24-5-2)32-20-19-30-17-11-12-18-31(30)27-32/h4-5,7,9-12,15-20,27,33-35,44H,1-2,6,8,13-14,21-26,28H2,3H3/t33-,34+,35?,39+,40?/m1/s1. The minimum atomic E-state index is -1.13. The highest BCUT2D eigenvalue weighted by molar-refractivity contribution is 6.06. The average Bonchev–Trinajstić information content (AvgIpc) is 3.72. The maximum Gasteiger partial charge on any atom is 0.253 e. The highest BCUT2D eigenvalue weighted by Crippen LogP contribution is 2.64. The van der Waals surface area contributed by atoms with E-state index in [-0.39, 0.29) is 30.9 Å². The number of rotatable bonds is 15. The summed E-state index contributed by atoms with van der Waals surface area (Å²) in [6.45, 7) is 11.3. The molecule has 1 spiro atoms. The minimum absolute atomic E-state index is 0.0667. The summed E-state index contributed by atoms with van der Waals surface area (Å²) >= 11 is 0. The van der Waals surface area contributed by atoms with Crippen molar-refractivity contribution < 1.29 is 24.2 Å². The lowest BCUT2D eigenvalue weighted by Crippen LogP contribution is -2.56. The van der Waals surface area contributed by atoms with Crippen LogP contribution in [0.5, 0.6) is 0 Å². The Balaban J connectivity index is 1.41. The van der Waals surface area contributed by atoms with Gasteiger partial charge in [-0.2, -0.15) is 0 Å². The zero-order chi connectivity index (χ0) is 33.9. The maximum atomic E-state index is 15.0. The highest BCUT2D eigenvalue weighted by atomic mass is 16.5. The van der Waals surface area contributed by atoms with Gasteiger partial charge < -0.3 is 24.5 Å². The Hall–Kier alpha value is -4.27. The Morgan fingerprint density at radius 1 is 0.938 bits per heavy atom. The van der Waals surface area contributed by atoms with Gasteiger partial charge in [-0.25, -0.2) is 0 Å². The second-order valence-electron chi connectivity index (χ2n) is 13.4. The van der Waals surface area contributed by atoms with Crippen LogP contribution < -0.4 is 4.90 Å². The van der Waals surface area contributed by atoms with Gasteiger partial charge in [0.1, 0.15) is 11.6 Å². The summed E-state index contributed by atoms with van der Waals surface area (Å²) in [5, 5.41) is 11.5. The molecule has 3 aliphatic heterocycles. The van der Waals surface area contributed by atoms with Gasteiger partial charge in [-0.05, 0) is 67.0 Å². The first-order chi connectivity index (χ1) is 23.3. The van der Waals surface area contributed by atoms with E-state index in [0.717, 1.165) is 22.0 Å². The molecule has 0 radical (unpaired) electrons. The average molecular weight is 650 g/mol. The van der Waals surface area contributed by atoms with E-state index < -0.39 is 29.1 Å².